The van der Waals surface area contributed by atoms with Crippen molar-refractivity contribution in [3.05, 3.63) is 51.5 Å². The van der Waals surface area contributed by atoms with Crippen LogP contribution >= 0.6 is 11.6 Å². The van der Waals surface area contributed by atoms with Crippen LogP contribution in [-0.2, 0) is 17.8 Å². The summed E-state index contributed by atoms with van der Waals surface area (Å²) in [6.07, 6.45) is 10.1. The molecule has 1 aromatic carbocycles. The molecular weight excluding hydrogens is 450 g/mol. The number of nitrogens with zero attached hydrogens (tertiary/aromatic N) is 2. The highest BCUT2D eigenvalue weighted by Gasteiger charge is 2.30. The fraction of sp³-hybridized carbons (Fsp3) is 0.556. The van der Waals surface area contributed by atoms with Crippen molar-refractivity contribution < 1.29 is 14.3 Å². The van der Waals surface area contributed by atoms with Gasteiger partial charge in [-0.05, 0) is 60.8 Å². The van der Waals surface area contributed by atoms with E-state index >= 15 is 0 Å². The van der Waals surface area contributed by atoms with E-state index in [-0.39, 0.29) is 12.0 Å². The van der Waals surface area contributed by atoms with Gasteiger partial charge in [0.2, 0.25) is 17.7 Å². The molecule has 2 heterocycles. The van der Waals surface area contributed by atoms with Gasteiger partial charge in [-0.1, -0.05) is 49.1 Å². The predicted octanol–water partition coefficient (Wildman–Crippen LogP) is 5.53. The maximum atomic E-state index is 11.8. The van der Waals surface area contributed by atoms with Gasteiger partial charge in [0.25, 0.3) is 0 Å². The molecular formula is C27H34ClN3O3. The number of aromatic nitrogens is 1. The third kappa shape index (κ3) is 4.89. The number of hydrogen-bond donors (Lipinski definition) is 1. The molecule has 5 rings (SSSR count). The third-order valence-corrected chi connectivity index (χ3v) is 7.79. The highest BCUT2D eigenvalue weighted by atomic mass is 35.5. The Balaban J connectivity index is 1.28. The number of rotatable bonds is 8. The van der Waals surface area contributed by atoms with Crippen molar-refractivity contribution in [1.82, 2.24) is 15.2 Å². The molecule has 3 aliphatic rings. The summed E-state index contributed by atoms with van der Waals surface area (Å²) >= 11 is 6.61. The lowest BCUT2D eigenvalue weighted by Gasteiger charge is -2.24. The first-order valence-electron chi connectivity index (χ1n) is 12.6. The number of nitrogens with one attached hydrogen (secondary N) is 1. The zero-order valence-corrected chi connectivity index (χ0v) is 20.7. The number of benzene rings is 1. The minimum Gasteiger partial charge on any atom is -0.481 e. The summed E-state index contributed by atoms with van der Waals surface area (Å²) < 4.78 is 11.9. The third-order valence-electron chi connectivity index (χ3n) is 7.52. The first-order valence-corrected chi connectivity index (χ1v) is 13.0. The van der Waals surface area contributed by atoms with E-state index in [0.29, 0.717) is 42.3 Å². The zero-order chi connectivity index (χ0) is 23.5. The molecule has 1 N–H and O–H groups in total. The number of fused-ring (bicyclic) bond motifs is 1. The minimum atomic E-state index is -0.0431. The van der Waals surface area contributed by atoms with E-state index in [9.17, 15) is 4.79 Å². The maximum absolute atomic E-state index is 11.8. The number of amides is 1. The summed E-state index contributed by atoms with van der Waals surface area (Å²) in [4.78, 5) is 18.3. The monoisotopic (exact) mass is 483 g/mol. The molecule has 7 heteroatoms. The number of halogens is 1. The van der Waals surface area contributed by atoms with Crippen molar-refractivity contribution in [2.75, 3.05) is 20.3 Å². The number of ether oxygens (including phenoxy) is 2. The molecule has 0 radical (unpaired) electrons. The molecule has 1 saturated carbocycles. The van der Waals surface area contributed by atoms with Crippen LogP contribution in [0.4, 0.5) is 0 Å². The van der Waals surface area contributed by atoms with Crippen molar-refractivity contribution in [2.45, 2.75) is 76.4 Å². The molecule has 1 aliphatic heterocycles. The Hall–Kier alpha value is -2.31. The molecule has 2 aromatic rings. The van der Waals surface area contributed by atoms with E-state index in [1.807, 2.05) is 11.0 Å². The quantitative estimate of drug-likeness (QED) is 0.535. The molecule has 0 spiro atoms. The van der Waals surface area contributed by atoms with Crippen LogP contribution in [0.25, 0.3) is 0 Å². The second kappa shape index (κ2) is 10.5. The van der Waals surface area contributed by atoms with Gasteiger partial charge < -0.3 is 14.4 Å². The Morgan fingerprint density at radius 2 is 1.91 bits per heavy atom. The molecule has 2 aliphatic carbocycles. The van der Waals surface area contributed by atoms with Crippen LogP contribution in [-0.4, -0.2) is 36.1 Å². The second-order valence-electron chi connectivity index (χ2n) is 9.68. The van der Waals surface area contributed by atoms with Crippen molar-refractivity contribution in [2.24, 2.45) is 0 Å². The lowest BCUT2D eigenvalue weighted by molar-refractivity contribution is -0.128. The van der Waals surface area contributed by atoms with Crippen LogP contribution in [0.5, 0.6) is 11.8 Å². The second-order valence-corrected chi connectivity index (χ2v) is 10.1. The number of methoxy groups -OCH3 is 1. The summed E-state index contributed by atoms with van der Waals surface area (Å²) in [5, 5.41) is 3.78. The minimum absolute atomic E-state index is 0.0431. The summed E-state index contributed by atoms with van der Waals surface area (Å²) in [6.45, 7) is 1.83. The molecule has 182 valence electrons. The normalized spacial score (nSPS) is 20.6. The SMILES string of the molecule is COc1nc(O[C@H]2CCc3c(C4CCCCC4)cccc32)c(Cl)cc1CNCN1CCCC1=O. The van der Waals surface area contributed by atoms with E-state index in [1.165, 1.54) is 48.8 Å². The van der Waals surface area contributed by atoms with Crippen molar-refractivity contribution in [3.63, 3.8) is 0 Å². The highest BCUT2D eigenvalue weighted by molar-refractivity contribution is 6.31. The fourth-order valence-electron chi connectivity index (χ4n) is 5.77. The summed E-state index contributed by atoms with van der Waals surface area (Å²) in [5.74, 6) is 1.79. The number of hydrogen-bond acceptors (Lipinski definition) is 5. The first kappa shape index (κ1) is 23.4. The summed E-state index contributed by atoms with van der Waals surface area (Å²) in [7, 11) is 1.61. The van der Waals surface area contributed by atoms with Gasteiger partial charge in [0.1, 0.15) is 11.1 Å². The Labute approximate surface area is 207 Å². The van der Waals surface area contributed by atoms with Crippen molar-refractivity contribution in [3.8, 4) is 11.8 Å². The number of carbonyl (C=O) groups excluding carboxylic acids is 1. The van der Waals surface area contributed by atoms with E-state index < -0.39 is 0 Å². The fourth-order valence-corrected chi connectivity index (χ4v) is 5.99. The molecule has 1 atom stereocenters. The Kier molecular flexibility index (Phi) is 7.26. The first-order chi connectivity index (χ1) is 16.6. The molecule has 34 heavy (non-hydrogen) atoms. The molecule has 1 amide bonds. The number of carbonyl (C=O) groups is 1. The van der Waals surface area contributed by atoms with Crippen LogP contribution in [0.15, 0.2) is 24.3 Å². The molecule has 2 fully saturated rings. The predicted molar refractivity (Wildman–Crippen MR) is 132 cm³/mol. The van der Waals surface area contributed by atoms with Gasteiger partial charge in [0, 0.05) is 25.1 Å². The van der Waals surface area contributed by atoms with Gasteiger partial charge in [0.05, 0.1) is 13.8 Å². The summed E-state index contributed by atoms with van der Waals surface area (Å²) in [5.41, 5.74) is 5.12. The maximum Gasteiger partial charge on any atom is 0.236 e. The number of pyridine rings is 1. The van der Waals surface area contributed by atoms with Gasteiger partial charge in [-0.2, -0.15) is 4.98 Å². The zero-order valence-electron chi connectivity index (χ0n) is 19.9. The van der Waals surface area contributed by atoms with E-state index in [0.717, 1.165) is 31.4 Å². The molecule has 0 unspecified atom stereocenters. The Morgan fingerprint density at radius 3 is 2.68 bits per heavy atom. The van der Waals surface area contributed by atoms with Gasteiger partial charge in [-0.25, -0.2) is 0 Å². The van der Waals surface area contributed by atoms with E-state index in [2.05, 4.69) is 28.5 Å². The van der Waals surface area contributed by atoms with Gasteiger partial charge in [0.15, 0.2) is 0 Å². The van der Waals surface area contributed by atoms with Crippen molar-refractivity contribution in [1.29, 1.82) is 0 Å². The lowest BCUT2D eigenvalue weighted by atomic mass is 9.81. The van der Waals surface area contributed by atoms with Gasteiger partial charge >= 0.3 is 0 Å². The average molecular weight is 484 g/mol. The Morgan fingerprint density at radius 1 is 1.09 bits per heavy atom. The molecule has 6 nitrogen and oxygen atoms in total. The topological polar surface area (TPSA) is 63.7 Å². The van der Waals surface area contributed by atoms with E-state index in [4.69, 9.17) is 21.1 Å². The van der Waals surface area contributed by atoms with Crippen LogP contribution in [0.1, 0.15) is 85.6 Å². The van der Waals surface area contributed by atoms with Crippen LogP contribution in [0.3, 0.4) is 0 Å². The van der Waals surface area contributed by atoms with Crippen LogP contribution < -0.4 is 14.8 Å². The van der Waals surface area contributed by atoms with Crippen molar-refractivity contribution >= 4 is 17.5 Å². The highest BCUT2D eigenvalue weighted by Crippen LogP contribution is 2.43. The summed E-state index contributed by atoms with van der Waals surface area (Å²) in [6, 6.07) is 8.56. The lowest BCUT2D eigenvalue weighted by Crippen LogP contribution is -2.34. The van der Waals surface area contributed by atoms with Gasteiger partial charge in [-0.15, -0.1) is 0 Å². The largest absolute Gasteiger partial charge is 0.481 e. The van der Waals surface area contributed by atoms with E-state index in [1.54, 1.807) is 7.11 Å². The standard InChI is InChI=1S/C27H34ClN3O3/c1-33-26-19(16-29-17-31-14-6-11-25(31)32)15-23(28)27(30-26)34-24-13-12-21-20(9-5-10-22(21)24)18-7-3-2-4-8-18/h5,9-10,15,18,24,29H,2-4,6-8,11-14,16-17H2,1H3/t24-/m0/s1. The Bertz CT molecular complexity index is 1040. The molecule has 0 bridgehead atoms. The average Bonchev–Trinajstić information content (AvgIpc) is 3.47. The molecule has 1 aromatic heterocycles. The van der Waals surface area contributed by atoms with Crippen LogP contribution in [0.2, 0.25) is 5.02 Å². The smallest absolute Gasteiger partial charge is 0.236 e. The van der Waals surface area contributed by atoms with Gasteiger partial charge in [-0.3, -0.25) is 10.1 Å². The van der Waals surface area contributed by atoms with Crippen LogP contribution in [0, 0.1) is 0 Å². The molecule has 1 saturated heterocycles. The number of likely N-dealkylation sites (tertiary alicyclic amines) is 1.